The second-order valence-electron chi connectivity index (χ2n) is 6.32. The van der Waals surface area contributed by atoms with E-state index in [9.17, 15) is 10.1 Å². The van der Waals surface area contributed by atoms with Gasteiger partial charge < -0.3 is 13.9 Å². The molecular formula is C21H18N2O5. The lowest BCUT2D eigenvalue weighted by Crippen LogP contribution is -2.14. The van der Waals surface area contributed by atoms with Gasteiger partial charge in [-0.15, -0.1) is 0 Å². The van der Waals surface area contributed by atoms with Gasteiger partial charge in [0, 0.05) is 29.8 Å². The van der Waals surface area contributed by atoms with Crippen molar-refractivity contribution >= 4 is 11.4 Å². The molecule has 0 fully saturated rings. The normalized spacial score (nSPS) is 12.9. The minimum Gasteiger partial charge on any atom is -0.493 e. The topological polar surface area (TPSA) is 87.1 Å². The van der Waals surface area contributed by atoms with Gasteiger partial charge >= 0.3 is 0 Å². The van der Waals surface area contributed by atoms with E-state index in [-0.39, 0.29) is 5.69 Å². The number of benzene rings is 2. The highest BCUT2D eigenvalue weighted by molar-refractivity contribution is 6.13. The van der Waals surface area contributed by atoms with Crippen LogP contribution in [0.1, 0.15) is 16.9 Å². The Hall–Kier alpha value is -3.61. The first-order chi connectivity index (χ1) is 13.6. The molecule has 0 spiro atoms. The molecule has 28 heavy (non-hydrogen) atoms. The Morgan fingerprint density at radius 1 is 1.04 bits per heavy atom. The lowest BCUT2D eigenvalue weighted by atomic mass is 9.95. The van der Waals surface area contributed by atoms with E-state index >= 15 is 0 Å². The van der Waals surface area contributed by atoms with Crippen LogP contribution >= 0.6 is 0 Å². The van der Waals surface area contributed by atoms with Gasteiger partial charge in [0.15, 0.2) is 17.3 Å². The van der Waals surface area contributed by atoms with E-state index < -0.39 is 4.92 Å². The highest BCUT2D eigenvalue weighted by Gasteiger charge is 2.22. The molecule has 0 radical (unpaired) electrons. The average molecular weight is 378 g/mol. The first-order valence-electron chi connectivity index (χ1n) is 8.75. The van der Waals surface area contributed by atoms with Crippen LogP contribution in [0.15, 0.2) is 57.9 Å². The number of nitro benzene ring substituents is 1. The molecule has 0 N–H and O–H groups in total. The van der Waals surface area contributed by atoms with Crippen LogP contribution in [0.4, 0.5) is 5.69 Å². The SMILES string of the molecule is COc1cc2c(cc1OC)C(c1ccc(-c3cccc([N+](=O)[O-])c3)o1)=NCC2. The third-order valence-corrected chi connectivity index (χ3v) is 4.70. The number of ether oxygens (including phenoxy) is 2. The fraction of sp³-hybridized carbons (Fsp3) is 0.190. The molecule has 1 aromatic heterocycles. The van der Waals surface area contributed by atoms with E-state index in [1.54, 1.807) is 32.4 Å². The predicted octanol–water partition coefficient (Wildman–Crippen LogP) is 4.27. The molecule has 0 saturated heterocycles. The Bertz CT molecular complexity index is 1080. The Labute approximate surface area is 161 Å². The van der Waals surface area contributed by atoms with Crippen LogP contribution in [0.5, 0.6) is 11.5 Å². The summed E-state index contributed by atoms with van der Waals surface area (Å²) in [5.41, 5.74) is 3.44. The lowest BCUT2D eigenvalue weighted by molar-refractivity contribution is -0.384. The smallest absolute Gasteiger partial charge is 0.270 e. The minimum atomic E-state index is -0.422. The Morgan fingerprint density at radius 3 is 2.54 bits per heavy atom. The summed E-state index contributed by atoms with van der Waals surface area (Å²) in [5.74, 6) is 2.46. The number of fused-ring (bicyclic) bond motifs is 1. The molecule has 7 nitrogen and oxygen atoms in total. The molecule has 0 atom stereocenters. The largest absolute Gasteiger partial charge is 0.493 e. The van der Waals surface area contributed by atoms with Gasteiger partial charge in [0.1, 0.15) is 11.5 Å². The molecule has 7 heteroatoms. The molecule has 0 amide bonds. The number of furan rings is 1. The fourth-order valence-corrected chi connectivity index (χ4v) is 3.33. The van der Waals surface area contributed by atoms with Crippen molar-refractivity contribution < 1.29 is 18.8 Å². The van der Waals surface area contributed by atoms with Gasteiger partial charge in [-0.2, -0.15) is 0 Å². The van der Waals surface area contributed by atoms with Gasteiger partial charge in [-0.1, -0.05) is 12.1 Å². The molecule has 2 aromatic carbocycles. The van der Waals surface area contributed by atoms with Crippen molar-refractivity contribution in [3.05, 3.63) is 75.5 Å². The quantitative estimate of drug-likeness (QED) is 0.489. The maximum Gasteiger partial charge on any atom is 0.270 e. The van der Waals surface area contributed by atoms with Crippen molar-refractivity contribution in [2.75, 3.05) is 20.8 Å². The fourth-order valence-electron chi connectivity index (χ4n) is 3.33. The lowest BCUT2D eigenvalue weighted by Gasteiger charge is -2.18. The van der Waals surface area contributed by atoms with Crippen LogP contribution in [0.25, 0.3) is 11.3 Å². The zero-order chi connectivity index (χ0) is 19.7. The molecule has 1 aliphatic rings. The summed E-state index contributed by atoms with van der Waals surface area (Å²) in [6, 6.07) is 13.9. The van der Waals surface area contributed by atoms with Gasteiger partial charge in [0.05, 0.1) is 19.1 Å². The zero-order valence-electron chi connectivity index (χ0n) is 15.5. The Balaban J connectivity index is 1.73. The summed E-state index contributed by atoms with van der Waals surface area (Å²) in [4.78, 5) is 15.2. The van der Waals surface area contributed by atoms with Gasteiger partial charge in [-0.25, -0.2) is 0 Å². The molecule has 3 aromatic rings. The number of nitrogens with zero attached hydrogens (tertiary/aromatic N) is 2. The number of nitro groups is 1. The van der Waals surface area contributed by atoms with Gasteiger partial charge in [0.2, 0.25) is 0 Å². The van der Waals surface area contributed by atoms with Gasteiger partial charge in [-0.3, -0.25) is 15.1 Å². The summed E-state index contributed by atoms with van der Waals surface area (Å²) in [5, 5.41) is 11.0. The molecule has 0 aliphatic carbocycles. The van der Waals surface area contributed by atoms with E-state index in [1.807, 2.05) is 18.2 Å². The van der Waals surface area contributed by atoms with E-state index in [0.29, 0.717) is 35.1 Å². The Morgan fingerprint density at radius 2 is 1.79 bits per heavy atom. The summed E-state index contributed by atoms with van der Waals surface area (Å²) >= 11 is 0. The molecule has 0 saturated carbocycles. The number of methoxy groups -OCH3 is 2. The molecular weight excluding hydrogens is 360 g/mol. The van der Waals surface area contributed by atoms with Crippen molar-refractivity contribution in [1.82, 2.24) is 0 Å². The number of hydrogen-bond acceptors (Lipinski definition) is 6. The standard InChI is InChI=1S/C21H18N2O5/c1-26-19-11-13-8-9-22-21(16(13)12-20(19)27-2)18-7-6-17(28-18)14-4-3-5-15(10-14)23(24)25/h3-7,10-12H,8-9H2,1-2H3. The van der Waals surface area contributed by atoms with E-state index in [0.717, 1.165) is 23.3 Å². The van der Waals surface area contributed by atoms with Gasteiger partial charge in [0.25, 0.3) is 5.69 Å². The molecule has 4 rings (SSSR count). The molecule has 0 unspecified atom stereocenters. The first-order valence-corrected chi connectivity index (χ1v) is 8.75. The van der Waals surface area contributed by atoms with Crippen molar-refractivity contribution in [1.29, 1.82) is 0 Å². The van der Waals surface area contributed by atoms with E-state index in [4.69, 9.17) is 13.9 Å². The minimum absolute atomic E-state index is 0.0210. The maximum atomic E-state index is 11.0. The third kappa shape index (κ3) is 3.11. The van der Waals surface area contributed by atoms with Crippen LogP contribution in [-0.2, 0) is 6.42 Å². The second kappa shape index (κ2) is 7.19. The van der Waals surface area contributed by atoms with Crippen molar-refractivity contribution in [3.8, 4) is 22.8 Å². The highest BCUT2D eigenvalue weighted by atomic mass is 16.6. The Kier molecular flexibility index (Phi) is 4.57. The van der Waals surface area contributed by atoms with Crippen LogP contribution in [0.2, 0.25) is 0 Å². The number of hydrogen-bond donors (Lipinski definition) is 0. The van der Waals surface area contributed by atoms with Crippen LogP contribution < -0.4 is 9.47 Å². The van der Waals surface area contributed by atoms with Crippen molar-refractivity contribution in [2.45, 2.75) is 6.42 Å². The van der Waals surface area contributed by atoms with Crippen LogP contribution in [-0.4, -0.2) is 31.4 Å². The molecule has 0 bridgehead atoms. The van der Waals surface area contributed by atoms with Crippen molar-refractivity contribution in [2.24, 2.45) is 4.99 Å². The summed E-state index contributed by atoms with van der Waals surface area (Å²) in [6.45, 7) is 0.644. The van der Waals surface area contributed by atoms with Gasteiger partial charge in [-0.05, 0) is 36.2 Å². The monoisotopic (exact) mass is 378 g/mol. The first kappa shape index (κ1) is 17.8. The number of aliphatic imine (C=N–C) groups is 1. The number of rotatable bonds is 5. The number of non-ortho nitro benzene ring substituents is 1. The summed E-state index contributed by atoms with van der Waals surface area (Å²) < 4.78 is 16.8. The van der Waals surface area contributed by atoms with E-state index in [2.05, 4.69) is 4.99 Å². The zero-order valence-corrected chi connectivity index (χ0v) is 15.5. The second-order valence-corrected chi connectivity index (χ2v) is 6.32. The van der Waals surface area contributed by atoms with Crippen molar-refractivity contribution in [3.63, 3.8) is 0 Å². The summed E-state index contributed by atoms with van der Waals surface area (Å²) in [7, 11) is 3.21. The predicted molar refractivity (Wildman–Crippen MR) is 105 cm³/mol. The van der Waals surface area contributed by atoms with Crippen LogP contribution in [0.3, 0.4) is 0 Å². The summed E-state index contributed by atoms with van der Waals surface area (Å²) in [6.07, 6.45) is 0.803. The third-order valence-electron chi connectivity index (χ3n) is 4.70. The molecule has 142 valence electrons. The molecule has 2 heterocycles. The molecule has 1 aliphatic heterocycles. The van der Waals surface area contributed by atoms with E-state index in [1.165, 1.54) is 12.1 Å². The maximum absolute atomic E-state index is 11.0. The highest BCUT2D eigenvalue weighted by Crippen LogP contribution is 2.34. The average Bonchev–Trinajstić information content (AvgIpc) is 3.22. The van der Waals surface area contributed by atoms with Crippen LogP contribution in [0, 0.1) is 10.1 Å².